The summed E-state index contributed by atoms with van der Waals surface area (Å²) < 4.78 is 37.2. The van der Waals surface area contributed by atoms with Gasteiger partial charge in [-0.05, 0) is 0 Å². The Bertz CT molecular complexity index is 865. The number of halogens is 1. The predicted molar refractivity (Wildman–Crippen MR) is 120 cm³/mol. The van der Waals surface area contributed by atoms with Crippen molar-refractivity contribution in [1.82, 2.24) is 5.32 Å². The molecule has 1 fully saturated rings. The third-order valence-electron chi connectivity index (χ3n) is 4.88. The fourth-order valence-corrected chi connectivity index (χ4v) is 4.54. The number of ether oxygens (including phenoxy) is 7. The van der Waals surface area contributed by atoms with E-state index in [1.54, 1.807) is 0 Å². The molecule has 36 heavy (non-hydrogen) atoms. The van der Waals surface area contributed by atoms with Crippen LogP contribution < -0.4 is 5.32 Å². The molecule has 0 saturated carbocycles. The molecule has 0 aliphatic carbocycles. The number of methoxy groups -OCH3 is 2. The van der Waals surface area contributed by atoms with Gasteiger partial charge in [-0.25, -0.2) is 4.79 Å². The van der Waals surface area contributed by atoms with Crippen LogP contribution in [-0.2, 0) is 61.9 Å². The van der Waals surface area contributed by atoms with Crippen LogP contribution in [0, 0.1) is 0 Å². The fraction of sp³-hybridized carbons (Fsp3) is 0.714. The van der Waals surface area contributed by atoms with Crippen molar-refractivity contribution in [3.8, 4) is 0 Å². The summed E-state index contributed by atoms with van der Waals surface area (Å²) in [4.78, 5) is 71.1. The molecule has 1 heterocycles. The molecule has 1 saturated heterocycles. The Hall–Kier alpha value is -2.78. The second kappa shape index (κ2) is 13.5. The minimum absolute atomic E-state index is 0.590. The summed E-state index contributed by atoms with van der Waals surface area (Å²) in [7, 11) is 2.16. The number of esters is 5. The van der Waals surface area contributed by atoms with Crippen LogP contribution in [0.1, 0.15) is 34.6 Å². The van der Waals surface area contributed by atoms with Gasteiger partial charge in [-0.15, -0.1) is 0 Å². The van der Waals surface area contributed by atoms with E-state index in [-0.39, 0.29) is 0 Å². The molecule has 0 aromatic rings. The summed E-state index contributed by atoms with van der Waals surface area (Å²) in [5.74, 6) is -7.23. The first-order valence-electron chi connectivity index (χ1n) is 10.6. The van der Waals surface area contributed by atoms with E-state index in [4.69, 9.17) is 33.2 Å². The fourth-order valence-electron chi connectivity index (χ4n) is 3.62. The zero-order chi connectivity index (χ0) is 27.8. The van der Waals surface area contributed by atoms with Crippen molar-refractivity contribution < 1.29 is 61.9 Å². The summed E-state index contributed by atoms with van der Waals surface area (Å²) in [6, 6.07) is -1.30. The van der Waals surface area contributed by atoms with Crippen LogP contribution in [0.4, 0.5) is 0 Å². The Labute approximate surface area is 215 Å². The number of hydrogen-bond acceptors (Lipinski definition) is 13. The Balaban J connectivity index is 3.82. The largest absolute Gasteiger partial charge is 0.465 e. The molecule has 0 radical (unpaired) electrons. The van der Waals surface area contributed by atoms with Gasteiger partial charge in [-0.1, -0.05) is 15.9 Å². The molecular weight excluding hydrogens is 554 g/mol. The van der Waals surface area contributed by atoms with E-state index >= 15 is 0 Å². The normalized spacial score (nSPS) is 27.0. The first-order valence-corrected chi connectivity index (χ1v) is 11.5. The SMILES string of the molecule is COC(=O)[C@@]1(OC)OC([C@H](OC(C)=O)[C@@H](COC(C)=O)OC(C)=O)[C@H](NC(C)=O)C(OC(C)=O)C1Br. The van der Waals surface area contributed by atoms with Gasteiger partial charge in [0, 0.05) is 41.7 Å². The van der Waals surface area contributed by atoms with Crippen LogP contribution in [0.15, 0.2) is 0 Å². The molecule has 1 rings (SSSR count). The zero-order valence-corrected chi connectivity index (χ0v) is 22.4. The molecule has 1 aliphatic rings. The summed E-state index contributed by atoms with van der Waals surface area (Å²) in [5.41, 5.74) is 0. The van der Waals surface area contributed by atoms with Crippen molar-refractivity contribution in [3.05, 3.63) is 0 Å². The molecule has 0 bridgehead atoms. The van der Waals surface area contributed by atoms with Crippen molar-refractivity contribution in [3.63, 3.8) is 0 Å². The zero-order valence-electron chi connectivity index (χ0n) is 20.9. The molecule has 14 nitrogen and oxygen atoms in total. The number of amides is 1. The van der Waals surface area contributed by atoms with Gasteiger partial charge in [0.05, 0.1) is 13.2 Å². The Kier molecular flexibility index (Phi) is 11.7. The summed E-state index contributed by atoms with van der Waals surface area (Å²) >= 11 is 3.25. The predicted octanol–water partition coefficient (Wildman–Crippen LogP) is -0.473. The molecule has 0 spiro atoms. The van der Waals surface area contributed by atoms with E-state index in [2.05, 4.69) is 21.2 Å². The van der Waals surface area contributed by atoms with Crippen molar-refractivity contribution in [2.24, 2.45) is 0 Å². The van der Waals surface area contributed by atoms with Crippen molar-refractivity contribution in [1.29, 1.82) is 0 Å². The molecule has 15 heteroatoms. The Morgan fingerprint density at radius 3 is 1.92 bits per heavy atom. The molecule has 3 unspecified atom stereocenters. The highest BCUT2D eigenvalue weighted by atomic mass is 79.9. The first-order chi connectivity index (χ1) is 16.7. The summed E-state index contributed by atoms with van der Waals surface area (Å²) in [5, 5.41) is 2.54. The number of carbonyl (C=O) groups is 6. The molecule has 7 atom stereocenters. The highest BCUT2D eigenvalue weighted by Gasteiger charge is 2.64. The second-order valence-electron chi connectivity index (χ2n) is 7.67. The van der Waals surface area contributed by atoms with Gasteiger partial charge in [-0.2, -0.15) is 0 Å². The Morgan fingerprint density at radius 2 is 1.50 bits per heavy atom. The van der Waals surface area contributed by atoms with Gasteiger partial charge < -0.3 is 38.5 Å². The average Bonchev–Trinajstić information content (AvgIpc) is 2.76. The quantitative estimate of drug-likeness (QED) is 0.198. The van der Waals surface area contributed by atoms with E-state index in [0.29, 0.717) is 0 Å². The van der Waals surface area contributed by atoms with Crippen LogP contribution in [0.5, 0.6) is 0 Å². The van der Waals surface area contributed by atoms with E-state index in [1.165, 1.54) is 0 Å². The minimum atomic E-state index is -2.30. The van der Waals surface area contributed by atoms with Gasteiger partial charge in [0.1, 0.15) is 23.6 Å². The third-order valence-corrected chi connectivity index (χ3v) is 6.00. The first kappa shape index (κ1) is 31.3. The van der Waals surface area contributed by atoms with Crippen LogP contribution in [0.3, 0.4) is 0 Å². The number of alkyl halides is 1. The molecule has 0 aromatic heterocycles. The number of hydrogen-bond donors (Lipinski definition) is 1. The highest BCUT2D eigenvalue weighted by molar-refractivity contribution is 9.09. The highest BCUT2D eigenvalue weighted by Crippen LogP contribution is 2.40. The van der Waals surface area contributed by atoms with Gasteiger partial charge in [0.15, 0.2) is 12.2 Å². The van der Waals surface area contributed by atoms with E-state index in [9.17, 15) is 28.8 Å². The minimum Gasteiger partial charge on any atom is -0.465 e. The van der Waals surface area contributed by atoms with Crippen LogP contribution in [-0.4, -0.2) is 97.7 Å². The number of nitrogens with one attached hydrogen (secondary N) is 1. The monoisotopic (exact) mass is 583 g/mol. The van der Waals surface area contributed by atoms with Gasteiger partial charge in [0.2, 0.25) is 5.91 Å². The molecular formula is C21H30BrNO13. The maximum absolute atomic E-state index is 12.9. The lowest BCUT2D eigenvalue weighted by Crippen LogP contribution is -2.73. The summed E-state index contributed by atoms with van der Waals surface area (Å²) in [6.07, 6.45) is -6.03. The topological polar surface area (TPSA) is 179 Å². The van der Waals surface area contributed by atoms with Crippen molar-refractivity contribution in [2.45, 2.75) is 75.7 Å². The standard InChI is InChI=1S/C21H30BrNO13/c1-9(24)23-15-17(16(34-12(4)27)14(33-11(3)26)8-32-10(2)25)36-21(31-7,20(29)30-6)19(22)18(15)35-13(5)28/h14-19H,8H2,1-7H3,(H,23,24)/t14-,15+,16-,17?,18?,19?,21+/m1/s1. The maximum atomic E-state index is 12.9. The summed E-state index contributed by atoms with van der Waals surface area (Å²) in [6.45, 7) is 4.86. The third kappa shape index (κ3) is 7.86. The molecule has 1 amide bonds. The van der Waals surface area contributed by atoms with Crippen molar-refractivity contribution in [2.75, 3.05) is 20.8 Å². The van der Waals surface area contributed by atoms with Gasteiger partial charge in [-0.3, -0.25) is 24.0 Å². The van der Waals surface area contributed by atoms with Crippen LogP contribution in [0.2, 0.25) is 0 Å². The van der Waals surface area contributed by atoms with Crippen LogP contribution in [0.25, 0.3) is 0 Å². The molecule has 0 aromatic carbocycles. The molecule has 1 aliphatic heterocycles. The number of carbonyl (C=O) groups excluding carboxylic acids is 6. The van der Waals surface area contributed by atoms with Gasteiger partial charge in [0.25, 0.3) is 5.79 Å². The Morgan fingerprint density at radius 1 is 0.917 bits per heavy atom. The lowest BCUT2D eigenvalue weighted by atomic mass is 9.87. The average molecular weight is 584 g/mol. The van der Waals surface area contributed by atoms with E-state index in [0.717, 1.165) is 48.8 Å². The maximum Gasteiger partial charge on any atom is 0.368 e. The molecule has 204 valence electrons. The molecule has 1 N–H and O–H groups in total. The number of rotatable bonds is 10. The van der Waals surface area contributed by atoms with E-state index < -0.39 is 83.4 Å². The van der Waals surface area contributed by atoms with E-state index in [1.807, 2.05) is 0 Å². The second-order valence-corrected chi connectivity index (χ2v) is 8.66. The van der Waals surface area contributed by atoms with Crippen LogP contribution >= 0.6 is 15.9 Å². The smallest absolute Gasteiger partial charge is 0.368 e. The van der Waals surface area contributed by atoms with Gasteiger partial charge >= 0.3 is 29.8 Å². The lowest BCUT2D eigenvalue weighted by molar-refractivity contribution is -0.302. The van der Waals surface area contributed by atoms with Crippen molar-refractivity contribution >= 4 is 51.7 Å². The lowest BCUT2D eigenvalue weighted by Gasteiger charge is -2.50.